The van der Waals surface area contributed by atoms with E-state index in [0.717, 1.165) is 60.8 Å². The monoisotopic (exact) mass is 435 g/mol. The van der Waals surface area contributed by atoms with Crippen molar-refractivity contribution in [1.82, 2.24) is 15.1 Å². The average molecular weight is 436 g/mol. The first-order chi connectivity index (χ1) is 15.6. The topological polar surface area (TPSA) is 52.7 Å². The van der Waals surface area contributed by atoms with Crippen molar-refractivity contribution >= 4 is 11.8 Å². The van der Waals surface area contributed by atoms with Crippen LogP contribution in [0.1, 0.15) is 52.0 Å². The molecule has 5 rings (SSSR count). The van der Waals surface area contributed by atoms with Gasteiger partial charge in [0.2, 0.25) is 0 Å². The zero-order valence-corrected chi connectivity index (χ0v) is 18.4. The van der Waals surface area contributed by atoms with Crippen LogP contribution < -0.4 is 5.32 Å². The molecule has 1 aliphatic carbocycles. The fourth-order valence-corrected chi connectivity index (χ4v) is 5.22. The van der Waals surface area contributed by atoms with E-state index in [-0.39, 0.29) is 18.4 Å². The summed E-state index contributed by atoms with van der Waals surface area (Å²) in [5.74, 6) is -0.105. The maximum absolute atomic E-state index is 13.3. The van der Waals surface area contributed by atoms with Crippen LogP contribution in [0.5, 0.6) is 0 Å². The molecule has 0 bridgehead atoms. The number of benzene rings is 2. The molecule has 2 amide bonds. The molecule has 6 heteroatoms. The van der Waals surface area contributed by atoms with Gasteiger partial charge in [-0.05, 0) is 60.6 Å². The Bertz CT molecular complexity index is 1000. The van der Waals surface area contributed by atoms with E-state index in [1.54, 1.807) is 12.1 Å². The predicted octanol–water partition coefficient (Wildman–Crippen LogP) is 3.68. The molecule has 1 saturated heterocycles. The van der Waals surface area contributed by atoms with Gasteiger partial charge in [-0.3, -0.25) is 14.5 Å². The van der Waals surface area contributed by atoms with Crippen molar-refractivity contribution < 1.29 is 14.0 Å². The van der Waals surface area contributed by atoms with Crippen molar-refractivity contribution in [2.24, 2.45) is 0 Å². The Morgan fingerprint density at radius 1 is 1.00 bits per heavy atom. The maximum atomic E-state index is 13.3. The summed E-state index contributed by atoms with van der Waals surface area (Å²) in [6, 6.07) is 14.5. The van der Waals surface area contributed by atoms with Crippen molar-refractivity contribution in [2.45, 2.75) is 44.2 Å². The molecule has 2 fully saturated rings. The minimum Gasteiger partial charge on any atom is -0.349 e. The summed E-state index contributed by atoms with van der Waals surface area (Å²) in [4.78, 5) is 29.9. The maximum Gasteiger partial charge on any atom is 0.254 e. The van der Waals surface area contributed by atoms with Crippen LogP contribution in [0.4, 0.5) is 4.39 Å². The molecular weight excluding hydrogens is 405 g/mol. The van der Waals surface area contributed by atoms with Crippen LogP contribution in [0.2, 0.25) is 0 Å². The second-order valence-electron chi connectivity index (χ2n) is 9.16. The van der Waals surface area contributed by atoms with Crippen LogP contribution in [0.15, 0.2) is 42.5 Å². The zero-order chi connectivity index (χ0) is 22.1. The molecule has 32 heavy (non-hydrogen) atoms. The lowest BCUT2D eigenvalue weighted by atomic mass is 9.92. The number of alkyl halides is 1. The number of fused-ring (bicyclic) bond motifs is 1. The minimum absolute atomic E-state index is 0.0237. The third-order valence-electron chi connectivity index (χ3n) is 7.31. The number of likely N-dealkylation sites (tertiary alicyclic amines) is 1. The first-order valence-electron chi connectivity index (χ1n) is 11.8. The van der Waals surface area contributed by atoms with Crippen molar-refractivity contribution in [2.75, 3.05) is 32.9 Å². The van der Waals surface area contributed by atoms with Crippen molar-refractivity contribution in [3.05, 3.63) is 59.2 Å². The first kappa shape index (κ1) is 21.1. The quantitative estimate of drug-likeness (QED) is 0.753. The molecule has 1 saturated carbocycles. The second kappa shape index (κ2) is 9.02. The number of nitrogens with one attached hydrogen (secondary N) is 1. The predicted molar refractivity (Wildman–Crippen MR) is 123 cm³/mol. The Balaban J connectivity index is 1.27. The number of hydrogen-bond donors (Lipinski definition) is 1. The molecular formula is C26H30FN3O2. The zero-order valence-electron chi connectivity index (χ0n) is 18.4. The Labute approximate surface area is 188 Å². The number of carbonyl (C=O) groups is 2. The average Bonchev–Trinajstić information content (AvgIpc) is 3.25. The van der Waals surface area contributed by atoms with Gasteiger partial charge in [0.25, 0.3) is 11.8 Å². The lowest BCUT2D eigenvalue weighted by molar-refractivity contribution is 0.0646. The van der Waals surface area contributed by atoms with Crippen LogP contribution in [0, 0.1) is 0 Å². The fraction of sp³-hybridized carbons (Fsp3) is 0.462. The number of halogens is 1. The van der Waals surface area contributed by atoms with Gasteiger partial charge in [-0.25, -0.2) is 4.39 Å². The molecule has 2 aliphatic heterocycles. The standard InChI is InChI=1S/C26H30FN3O2/c27-12-13-28-25(31)19-6-4-18(5-7-19)20-8-9-24-21(16-20)10-15-30(26(24)32)23-11-14-29(17-23)22-2-1-3-22/h4-9,16,22-23H,1-3,10-15,17H2,(H,28,31). The van der Waals surface area contributed by atoms with E-state index in [0.29, 0.717) is 11.6 Å². The van der Waals surface area contributed by atoms with Crippen LogP contribution in [-0.2, 0) is 6.42 Å². The van der Waals surface area contributed by atoms with E-state index >= 15 is 0 Å². The molecule has 1 unspecified atom stereocenters. The Morgan fingerprint density at radius 2 is 1.78 bits per heavy atom. The van der Waals surface area contributed by atoms with Gasteiger partial charge in [-0.2, -0.15) is 0 Å². The number of amides is 2. The molecule has 0 radical (unpaired) electrons. The SMILES string of the molecule is O=C(NCCF)c1ccc(-c2ccc3c(c2)CCN(C2CCN(C4CCC4)C2)C3=O)cc1. The van der Waals surface area contributed by atoms with Gasteiger partial charge in [0.15, 0.2) is 0 Å². The second-order valence-corrected chi connectivity index (χ2v) is 9.16. The van der Waals surface area contributed by atoms with Crippen molar-refractivity contribution in [1.29, 1.82) is 0 Å². The largest absolute Gasteiger partial charge is 0.349 e. The van der Waals surface area contributed by atoms with Crippen LogP contribution in [-0.4, -0.2) is 66.6 Å². The summed E-state index contributed by atoms with van der Waals surface area (Å²) < 4.78 is 12.3. The van der Waals surface area contributed by atoms with Gasteiger partial charge < -0.3 is 10.2 Å². The molecule has 0 aromatic heterocycles. The van der Waals surface area contributed by atoms with Gasteiger partial charge in [0.05, 0.1) is 0 Å². The van der Waals surface area contributed by atoms with E-state index in [1.165, 1.54) is 19.3 Å². The molecule has 2 aromatic rings. The molecule has 1 atom stereocenters. The van der Waals surface area contributed by atoms with Crippen molar-refractivity contribution in [3.63, 3.8) is 0 Å². The van der Waals surface area contributed by atoms with Gasteiger partial charge in [0.1, 0.15) is 6.67 Å². The van der Waals surface area contributed by atoms with Gasteiger partial charge in [-0.15, -0.1) is 0 Å². The van der Waals surface area contributed by atoms with E-state index in [1.807, 2.05) is 24.3 Å². The molecule has 5 nitrogen and oxygen atoms in total. The highest BCUT2D eigenvalue weighted by molar-refractivity contribution is 5.98. The van der Waals surface area contributed by atoms with E-state index in [2.05, 4.69) is 21.2 Å². The number of hydrogen-bond acceptors (Lipinski definition) is 3. The summed E-state index contributed by atoms with van der Waals surface area (Å²) in [7, 11) is 0. The summed E-state index contributed by atoms with van der Waals surface area (Å²) in [6.45, 7) is 2.37. The molecule has 2 aromatic carbocycles. The van der Waals surface area contributed by atoms with Gasteiger partial charge >= 0.3 is 0 Å². The normalized spacial score (nSPS) is 21.3. The molecule has 2 heterocycles. The highest BCUT2D eigenvalue weighted by atomic mass is 19.1. The van der Waals surface area contributed by atoms with Gasteiger partial charge in [-0.1, -0.05) is 30.7 Å². The summed E-state index contributed by atoms with van der Waals surface area (Å²) >= 11 is 0. The highest BCUT2D eigenvalue weighted by Gasteiger charge is 2.37. The van der Waals surface area contributed by atoms with Gasteiger partial charge in [0, 0.05) is 49.4 Å². The van der Waals surface area contributed by atoms with E-state index in [4.69, 9.17) is 0 Å². The third-order valence-corrected chi connectivity index (χ3v) is 7.31. The number of carbonyl (C=O) groups excluding carboxylic acids is 2. The van der Waals surface area contributed by atoms with E-state index in [9.17, 15) is 14.0 Å². The third kappa shape index (κ3) is 4.04. The smallest absolute Gasteiger partial charge is 0.254 e. The molecule has 3 aliphatic rings. The highest BCUT2D eigenvalue weighted by Crippen LogP contribution is 2.32. The first-order valence-corrected chi connectivity index (χ1v) is 11.8. The Hall–Kier alpha value is -2.73. The Kier molecular flexibility index (Phi) is 5.96. The van der Waals surface area contributed by atoms with Crippen LogP contribution in [0.3, 0.4) is 0 Å². The van der Waals surface area contributed by atoms with E-state index < -0.39 is 6.67 Å². The summed E-state index contributed by atoms with van der Waals surface area (Å²) in [6.07, 6.45) is 5.93. The number of nitrogens with zero attached hydrogens (tertiary/aromatic N) is 2. The van der Waals surface area contributed by atoms with Crippen LogP contribution in [0.25, 0.3) is 11.1 Å². The summed E-state index contributed by atoms with van der Waals surface area (Å²) in [5.41, 5.74) is 4.47. The molecule has 1 N–H and O–H groups in total. The summed E-state index contributed by atoms with van der Waals surface area (Å²) in [5, 5.41) is 2.54. The molecule has 0 spiro atoms. The minimum atomic E-state index is -0.575. The lowest BCUT2D eigenvalue weighted by Crippen LogP contribution is -2.47. The van der Waals surface area contributed by atoms with Crippen molar-refractivity contribution in [3.8, 4) is 11.1 Å². The van der Waals surface area contributed by atoms with Crippen LogP contribution >= 0.6 is 0 Å². The molecule has 168 valence electrons. The lowest BCUT2D eigenvalue weighted by Gasteiger charge is -2.37. The Morgan fingerprint density at radius 3 is 2.50 bits per heavy atom. The number of rotatable bonds is 6. The fourth-order valence-electron chi connectivity index (χ4n) is 5.22.